The third-order valence-corrected chi connectivity index (χ3v) is 5.65. The maximum absolute atomic E-state index is 12.5. The van der Waals surface area contributed by atoms with Crippen molar-refractivity contribution in [3.05, 3.63) is 70.2 Å². The van der Waals surface area contributed by atoms with Crippen LogP contribution < -0.4 is 0 Å². The molecule has 24 heavy (non-hydrogen) atoms. The molecule has 2 rings (SSSR count). The second kappa shape index (κ2) is 9.19. The Balaban J connectivity index is 2.04. The third-order valence-electron chi connectivity index (χ3n) is 3.35. The first-order chi connectivity index (χ1) is 11.5. The summed E-state index contributed by atoms with van der Waals surface area (Å²) in [5, 5.41) is 0.726. The Bertz CT molecular complexity index is 698. The van der Waals surface area contributed by atoms with Crippen molar-refractivity contribution in [2.45, 2.75) is 20.0 Å². The van der Waals surface area contributed by atoms with E-state index in [1.54, 1.807) is 0 Å². The minimum Gasteiger partial charge on any atom is -0.309 e. The average Bonchev–Trinajstić information content (AvgIpc) is 2.56. The van der Waals surface area contributed by atoms with Crippen molar-refractivity contribution in [3.63, 3.8) is 0 Å². The molecule has 2 aromatic rings. The molecule has 0 radical (unpaired) electrons. The monoisotopic (exact) mass is 364 g/mol. The summed E-state index contributed by atoms with van der Waals surface area (Å²) in [4.78, 5) is 0. The van der Waals surface area contributed by atoms with Gasteiger partial charge in [-0.25, -0.2) is 0 Å². The molecule has 0 saturated heterocycles. The molecular formula is C19H22ClO3P. The zero-order valence-electron chi connectivity index (χ0n) is 13.9. The largest absolute Gasteiger partial charge is 0.335 e. The average molecular weight is 365 g/mol. The molecule has 0 aliphatic carbocycles. The van der Waals surface area contributed by atoms with Gasteiger partial charge in [-0.2, -0.15) is 0 Å². The van der Waals surface area contributed by atoms with Gasteiger partial charge in [0, 0.05) is 5.02 Å². The van der Waals surface area contributed by atoms with Crippen LogP contribution in [0.15, 0.2) is 48.5 Å². The SMILES string of the molecule is CCOP(=O)(Cc1ccc(/C=C/c2ccc(Cl)cc2)cc1)OCC. The second-order valence-corrected chi connectivity index (χ2v) is 7.72. The van der Waals surface area contributed by atoms with E-state index in [0.29, 0.717) is 13.2 Å². The Morgan fingerprint density at radius 2 is 1.33 bits per heavy atom. The van der Waals surface area contributed by atoms with E-state index in [1.807, 2.05) is 74.5 Å². The summed E-state index contributed by atoms with van der Waals surface area (Å²) in [7, 11) is -3.05. The van der Waals surface area contributed by atoms with Crippen LogP contribution in [0.25, 0.3) is 12.2 Å². The molecule has 0 N–H and O–H groups in total. The van der Waals surface area contributed by atoms with Gasteiger partial charge in [0.2, 0.25) is 0 Å². The summed E-state index contributed by atoms with van der Waals surface area (Å²) < 4.78 is 23.2. The van der Waals surface area contributed by atoms with Crippen LogP contribution in [0.1, 0.15) is 30.5 Å². The molecule has 0 bridgehead atoms. The van der Waals surface area contributed by atoms with E-state index in [2.05, 4.69) is 0 Å². The van der Waals surface area contributed by atoms with Gasteiger partial charge in [-0.3, -0.25) is 4.57 Å². The fourth-order valence-electron chi connectivity index (χ4n) is 2.25. The molecule has 0 aliphatic rings. The Hall–Kier alpha value is -1.38. The quantitative estimate of drug-likeness (QED) is 0.408. The molecule has 0 heterocycles. The topological polar surface area (TPSA) is 35.5 Å². The minimum atomic E-state index is -3.05. The number of benzene rings is 2. The van der Waals surface area contributed by atoms with Crippen molar-refractivity contribution in [2.75, 3.05) is 13.2 Å². The fourth-order valence-corrected chi connectivity index (χ4v) is 4.07. The summed E-state index contributed by atoms with van der Waals surface area (Å²) in [5.41, 5.74) is 3.08. The van der Waals surface area contributed by atoms with Crippen molar-refractivity contribution >= 4 is 31.3 Å². The van der Waals surface area contributed by atoms with Crippen LogP contribution in [0.2, 0.25) is 5.02 Å². The molecule has 0 saturated carbocycles. The zero-order chi connectivity index (χ0) is 17.4. The fraction of sp³-hybridized carbons (Fsp3) is 0.263. The van der Waals surface area contributed by atoms with E-state index in [-0.39, 0.29) is 6.16 Å². The third kappa shape index (κ3) is 5.92. The maximum atomic E-state index is 12.5. The van der Waals surface area contributed by atoms with Crippen molar-refractivity contribution in [3.8, 4) is 0 Å². The summed E-state index contributed by atoms with van der Waals surface area (Å²) >= 11 is 5.88. The summed E-state index contributed by atoms with van der Waals surface area (Å²) in [6, 6.07) is 15.5. The van der Waals surface area contributed by atoms with Gasteiger partial charge < -0.3 is 9.05 Å². The Kier molecular flexibility index (Phi) is 7.26. The predicted molar refractivity (Wildman–Crippen MR) is 101 cm³/mol. The van der Waals surface area contributed by atoms with Crippen LogP contribution in [-0.2, 0) is 19.8 Å². The lowest BCUT2D eigenvalue weighted by Gasteiger charge is -2.16. The first-order valence-electron chi connectivity index (χ1n) is 7.95. The van der Waals surface area contributed by atoms with Crippen LogP contribution in [0.4, 0.5) is 0 Å². The first kappa shape index (κ1) is 19.0. The first-order valence-corrected chi connectivity index (χ1v) is 10.1. The van der Waals surface area contributed by atoms with E-state index in [1.165, 1.54) is 0 Å². The molecule has 0 fully saturated rings. The molecule has 0 unspecified atom stereocenters. The summed E-state index contributed by atoms with van der Waals surface area (Å²) in [6.45, 7) is 4.38. The molecule has 0 aromatic heterocycles. The molecule has 0 spiro atoms. The van der Waals surface area contributed by atoms with E-state index in [4.69, 9.17) is 20.6 Å². The Morgan fingerprint density at radius 1 is 0.875 bits per heavy atom. The molecular weight excluding hydrogens is 343 g/mol. The lowest BCUT2D eigenvalue weighted by molar-refractivity contribution is 0.219. The molecule has 0 amide bonds. The van der Waals surface area contributed by atoms with Gasteiger partial charge in [0.05, 0.1) is 19.4 Å². The smallest absolute Gasteiger partial charge is 0.309 e. The summed E-state index contributed by atoms with van der Waals surface area (Å²) in [5.74, 6) is 0. The molecule has 0 aliphatic heterocycles. The normalized spacial score (nSPS) is 12.0. The predicted octanol–water partition coefficient (Wildman–Crippen LogP) is 6.28. The van der Waals surface area contributed by atoms with Crippen LogP contribution in [0, 0.1) is 0 Å². The van der Waals surface area contributed by atoms with Crippen molar-refractivity contribution < 1.29 is 13.6 Å². The van der Waals surface area contributed by atoms with E-state index < -0.39 is 7.60 Å². The van der Waals surface area contributed by atoms with E-state index in [9.17, 15) is 4.57 Å². The molecule has 3 nitrogen and oxygen atoms in total. The molecule has 128 valence electrons. The van der Waals surface area contributed by atoms with Gasteiger partial charge in [0.1, 0.15) is 0 Å². The van der Waals surface area contributed by atoms with Crippen molar-refractivity contribution in [2.24, 2.45) is 0 Å². The highest BCUT2D eigenvalue weighted by Crippen LogP contribution is 2.51. The lowest BCUT2D eigenvalue weighted by atomic mass is 10.1. The lowest BCUT2D eigenvalue weighted by Crippen LogP contribution is -1.99. The van der Waals surface area contributed by atoms with Gasteiger partial charge in [-0.05, 0) is 42.7 Å². The highest BCUT2D eigenvalue weighted by molar-refractivity contribution is 7.53. The number of hydrogen-bond acceptors (Lipinski definition) is 3. The van der Waals surface area contributed by atoms with Gasteiger partial charge in [-0.1, -0.05) is 60.2 Å². The summed E-state index contributed by atoms with van der Waals surface area (Å²) in [6.07, 6.45) is 4.34. The highest BCUT2D eigenvalue weighted by Gasteiger charge is 2.23. The van der Waals surface area contributed by atoms with Crippen molar-refractivity contribution in [1.82, 2.24) is 0 Å². The zero-order valence-corrected chi connectivity index (χ0v) is 15.6. The van der Waals surface area contributed by atoms with Gasteiger partial charge >= 0.3 is 7.60 Å². The van der Waals surface area contributed by atoms with Crippen LogP contribution in [0.5, 0.6) is 0 Å². The molecule has 2 aromatic carbocycles. The number of rotatable bonds is 8. The van der Waals surface area contributed by atoms with E-state index in [0.717, 1.165) is 21.7 Å². The number of halogens is 1. The van der Waals surface area contributed by atoms with Crippen molar-refractivity contribution in [1.29, 1.82) is 0 Å². The van der Waals surface area contributed by atoms with Crippen LogP contribution in [-0.4, -0.2) is 13.2 Å². The Morgan fingerprint density at radius 3 is 1.79 bits per heavy atom. The van der Waals surface area contributed by atoms with Gasteiger partial charge in [0.25, 0.3) is 0 Å². The molecule has 0 atom stereocenters. The van der Waals surface area contributed by atoms with Gasteiger partial charge in [0.15, 0.2) is 0 Å². The van der Waals surface area contributed by atoms with E-state index >= 15 is 0 Å². The maximum Gasteiger partial charge on any atom is 0.335 e. The standard InChI is InChI=1S/C19H22ClO3P/c1-3-22-24(21,23-4-2)15-18-9-7-16(8-10-18)5-6-17-11-13-19(20)14-12-17/h5-14H,3-4,15H2,1-2H3/b6-5+. The second-order valence-electron chi connectivity index (χ2n) is 5.23. The highest BCUT2D eigenvalue weighted by atomic mass is 35.5. The Labute approximate surface area is 148 Å². The van der Waals surface area contributed by atoms with Crippen LogP contribution >= 0.6 is 19.2 Å². The van der Waals surface area contributed by atoms with Gasteiger partial charge in [-0.15, -0.1) is 0 Å². The number of hydrogen-bond donors (Lipinski definition) is 0. The molecule has 5 heteroatoms. The minimum absolute atomic E-state index is 0.288. The van der Waals surface area contributed by atoms with Crippen LogP contribution in [0.3, 0.4) is 0 Å².